The molecule has 0 saturated carbocycles. The van der Waals surface area contributed by atoms with E-state index in [4.69, 9.17) is 10.00 Å². The molecule has 4 aromatic rings. The molecule has 0 aliphatic rings. The van der Waals surface area contributed by atoms with Gasteiger partial charge >= 0.3 is 0 Å². The molecule has 4 nitrogen and oxygen atoms in total. The van der Waals surface area contributed by atoms with Crippen LogP contribution in [0, 0.1) is 29.9 Å². The summed E-state index contributed by atoms with van der Waals surface area (Å²) in [6.45, 7) is 1.94. The first kappa shape index (κ1) is 22.0. The number of rotatable bonds is 6. The zero-order valence-corrected chi connectivity index (χ0v) is 17.8. The topological polar surface area (TPSA) is 55.0 Å². The quantitative estimate of drug-likeness (QED) is 0.384. The fraction of sp³-hybridized carbons (Fsp3) is 0.111. The Labute approximate surface area is 189 Å². The third-order valence-corrected chi connectivity index (χ3v) is 5.35. The van der Waals surface area contributed by atoms with Gasteiger partial charge in [-0.1, -0.05) is 42.0 Å². The van der Waals surface area contributed by atoms with Crippen LogP contribution in [-0.2, 0) is 0 Å². The van der Waals surface area contributed by atoms with Crippen LogP contribution in [0.25, 0.3) is 0 Å². The van der Waals surface area contributed by atoms with E-state index >= 15 is 0 Å². The van der Waals surface area contributed by atoms with Gasteiger partial charge in [-0.3, -0.25) is 4.79 Å². The Morgan fingerprint density at radius 3 is 2.06 bits per heavy atom. The minimum Gasteiger partial charge on any atom is -0.483 e. The van der Waals surface area contributed by atoms with Gasteiger partial charge in [0, 0.05) is 12.3 Å². The molecule has 6 heteroatoms. The van der Waals surface area contributed by atoms with Crippen molar-refractivity contribution in [2.24, 2.45) is 0 Å². The lowest BCUT2D eigenvalue weighted by atomic mass is 9.94. The smallest absolute Gasteiger partial charge is 0.251 e. The Morgan fingerprint density at radius 2 is 1.42 bits per heavy atom. The lowest BCUT2D eigenvalue weighted by molar-refractivity contribution is 0.155. The number of aromatic nitrogens is 1. The molecule has 0 radical (unpaired) electrons. The Balaban J connectivity index is 1.90. The highest BCUT2D eigenvalue weighted by atomic mass is 19.1. The molecule has 3 aromatic carbocycles. The zero-order valence-electron chi connectivity index (χ0n) is 17.8. The zero-order chi connectivity index (χ0) is 23.4. The minimum absolute atomic E-state index is 0.405. The second-order valence-electron chi connectivity index (χ2n) is 7.67. The van der Waals surface area contributed by atoms with E-state index in [1.165, 1.54) is 22.8 Å². The summed E-state index contributed by atoms with van der Waals surface area (Å²) < 4.78 is 35.5. The normalized spacial score (nSPS) is 12.5. The van der Waals surface area contributed by atoms with Crippen LogP contribution in [0.5, 0.6) is 5.75 Å². The Hall–Kier alpha value is -4.24. The maximum absolute atomic E-state index is 14.2. The molecule has 0 spiro atoms. The highest BCUT2D eigenvalue weighted by Gasteiger charge is 2.30. The first-order valence-corrected chi connectivity index (χ1v) is 10.3. The van der Waals surface area contributed by atoms with Gasteiger partial charge in [0.25, 0.3) is 5.56 Å². The first-order chi connectivity index (χ1) is 15.9. The van der Waals surface area contributed by atoms with Crippen LogP contribution in [0.15, 0.2) is 95.9 Å². The predicted molar refractivity (Wildman–Crippen MR) is 121 cm³/mol. The summed E-state index contributed by atoms with van der Waals surface area (Å²) in [5.74, 6) is -0.529. The first-order valence-electron chi connectivity index (χ1n) is 10.3. The number of pyridine rings is 1. The van der Waals surface area contributed by atoms with E-state index in [1.807, 2.05) is 31.2 Å². The summed E-state index contributed by atoms with van der Waals surface area (Å²) in [7, 11) is 0. The van der Waals surface area contributed by atoms with E-state index in [0.29, 0.717) is 16.9 Å². The van der Waals surface area contributed by atoms with E-state index < -0.39 is 29.3 Å². The molecule has 164 valence electrons. The molecule has 0 aliphatic carbocycles. The van der Waals surface area contributed by atoms with Crippen molar-refractivity contribution in [2.45, 2.75) is 19.1 Å². The van der Waals surface area contributed by atoms with Gasteiger partial charge in [0.2, 0.25) is 0 Å². The number of nitrogens with zero attached hydrogens (tertiary/aromatic N) is 2. The van der Waals surface area contributed by atoms with Gasteiger partial charge in [-0.15, -0.1) is 0 Å². The second-order valence-corrected chi connectivity index (χ2v) is 7.67. The maximum atomic E-state index is 14.2. The predicted octanol–water partition coefficient (Wildman–Crippen LogP) is 5.72. The number of benzene rings is 3. The van der Waals surface area contributed by atoms with Gasteiger partial charge in [0.05, 0.1) is 11.6 Å². The number of halogens is 2. The summed E-state index contributed by atoms with van der Waals surface area (Å²) in [5.41, 5.74) is 2.41. The second kappa shape index (κ2) is 9.49. The van der Waals surface area contributed by atoms with E-state index in [-0.39, 0.29) is 0 Å². The number of nitriles is 1. The molecule has 1 heterocycles. The fourth-order valence-corrected chi connectivity index (χ4v) is 3.66. The molecule has 0 saturated heterocycles. The summed E-state index contributed by atoms with van der Waals surface area (Å²) in [6, 6.07) is 23.4. The molecule has 0 amide bonds. The van der Waals surface area contributed by atoms with E-state index in [2.05, 4.69) is 6.07 Å². The molecule has 33 heavy (non-hydrogen) atoms. The summed E-state index contributed by atoms with van der Waals surface area (Å²) in [5, 5.41) is 9.08. The molecule has 2 atom stereocenters. The van der Waals surface area contributed by atoms with Crippen molar-refractivity contribution in [3.8, 4) is 11.8 Å². The van der Waals surface area contributed by atoms with Gasteiger partial charge in [-0.2, -0.15) is 5.26 Å². The Bertz CT molecular complexity index is 1340. The Morgan fingerprint density at radius 1 is 0.818 bits per heavy atom. The van der Waals surface area contributed by atoms with Crippen LogP contribution in [0.2, 0.25) is 0 Å². The fourth-order valence-electron chi connectivity index (χ4n) is 3.66. The van der Waals surface area contributed by atoms with Crippen LogP contribution in [0.1, 0.15) is 34.4 Å². The van der Waals surface area contributed by atoms with Gasteiger partial charge in [-0.25, -0.2) is 8.78 Å². The number of hydrogen-bond donors (Lipinski definition) is 0. The number of aryl methyl sites for hydroxylation is 1. The lowest BCUT2D eigenvalue weighted by Gasteiger charge is -2.30. The molecule has 0 unspecified atom stereocenters. The molecule has 4 rings (SSSR count). The summed E-state index contributed by atoms with van der Waals surface area (Å²) >= 11 is 0. The van der Waals surface area contributed by atoms with Crippen molar-refractivity contribution in [1.82, 2.24) is 4.57 Å². The van der Waals surface area contributed by atoms with Crippen LogP contribution in [0.4, 0.5) is 8.78 Å². The van der Waals surface area contributed by atoms with E-state index in [1.54, 1.807) is 36.4 Å². The molecule has 1 aromatic heterocycles. The van der Waals surface area contributed by atoms with Crippen molar-refractivity contribution >= 4 is 0 Å². The average molecular weight is 442 g/mol. The van der Waals surface area contributed by atoms with Crippen LogP contribution < -0.4 is 10.3 Å². The van der Waals surface area contributed by atoms with Gasteiger partial charge in [0.1, 0.15) is 29.5 Å². The average Bonchev–Trinajstić information content (AvgIpc) is 2.83. The van der Waals surface area contributed by atoms with Crippen LogP contribution in [-0.4, -0.2) is 4.57 Å². The number of ether oxygens (including phenoxy) is 1. The summed E-state index contributed by atoms with van der Waals surface area (Å²) in [6.07, 6.45) is 0.339. The summed E-state index contributed by atoms with van der Waals surface area (Å²) in [4.78, 5) is 12.8. The number of hydrogen-bond acceptors (Lipinski definition) is 3. The van der Waals surface area contributed by atoms with E-state index in [9.17, 15) is 13.6 Å². The third kappa shape index (κ3) is 4.99. The van der Waals surface area contributed by atoms with Crippen LogP contribution >= 0.6 is 0 Å². The lowest BCUT2D eigenvalue weighted by Crippen LogP contribution is -2.31. The SMILES string of the molecule is Cc1ccc([C@@H]([C@@H](Oc2ccc(C#N)cc2)c2ccc(F)cc2)n2cc(F)ccc2=O)cc1. The van der Waals surface area contributed by atoms with Gasteiger partial charge < -0.3 is 9.30 Å². The maximum Gasteiger partial charge on any atom is 0.251 e. The minimum atomic E-state index is -0.805. The molecular weight excluding hydrogens is 422 g/mol. The van der Waals surface area contributed by atoms with Crippen molar-refractivity contribution in [3.05, 3.63) is 135 Å². The van der Waals surface area contributed by atoms with E-state index in [0.717, 1.165) is 23.4 Å². The molecule has 0 fully saturated rings. The Kier molecular flexibility index (Phi) is 6.32. The molecule has 0 bridgehead atoms. The van der Waals surface area contributed by atoms with Crippen molar-refractivity contribution < 1.29 is 13.5 Å². The monoisotopic (exact) mass is 442 g/mol. The standard InChI is InChI=1S/C27H20F2N2O2/c1-18-2-6-20(7-3-18)26(31-17-23(29)12-15-25(31)32)27(21-8-10-22(28)11-9-21)33-24-13-4-19(16-30)5-14-24/h2-15,17,26-27H,1H3/t26-,27-/m0/s1. The van der Waals surface area contributed by atoms with Crippen LogP contribution in [0.3, 0.4) is 0 Å². The van der Waals surface area contributed by atoms with Crippen molar-refractivity contribution in [1.29, 1.82) is 5.26 Å². The third-order valence-electron chi connectivity index (χ3n) is 5.35. The van der Waals surface area contributed by atoms with Gasteiger partial charge in [-0.05, 0) is 60.5 Å². The highest BCUT2D eigenvalue weighted by Crippen LogP contribution is 2.36. The molecular formula is C27H20F2N2O2. The molecule has 0 aliphatic heterocycles. The largest absolute Gasteiger partial charge is 0.483 e. The van der Waals surface area contributed by atoms with Crippen molar-refractivity contribution in [2.75, 3.05) is 0 Å². The van der Waals surface area contributed by atoms with Crippen molar-refractivity contribution in [3.63, 3.8) is 0 Å². The highest BCUT2D eigenvalue weighted by molar-refractivity contribution is 5.36. The van der Waals surface area contributed by atoms with Gasteiger partial charge in [0.15, 0.2) is 0 Å². The molecule has 0 N–H and O–H groups in total.